The first-order valence-electron chi connectivity index (χ1n) is 14.7. The van der Waals surface area contributed by atoms with Crippen LogP contribution in [0.25, 0.3) is 12.2 Å². The number of aromatic nitrogens is 1. The van der Waals surface area contributed by atoms with Gasteiger partial charge in [-0.05, 0) is 61.1 Å². The highest BCUT2D eigenvalue weighted by Gasteiger charge is 2.31. The zero-order valence-corrected chi connectivity index (χ0v) is 24.0. The maximum Gasteiger partial charge on any atom is 0.141 e. The molecule has 0 radical (unpaired) electrons. The third kappa shape index (κ3) is 6.15. The first-order valence-corrected chi connectivity index (χ1v) is 14.7. The van der Waals surface area contributed by atoms with Gasteiger partial charge in [0.2, 0.25) is 0 Å². The quantitative estimate of drug-likeness (QED) is 0.304. The average molecular weight is 550 g/mol. The summed E-state index contributed by atoms with van der Waals surface area (Å²) < 4.78 is 11.4. The smallest absolute Gasteiger partial charge is 0.141 e. The summed E-state index contributed by atoms with van der Waals surface area (Å²) in [6, 6.07) is 26.1. The van der Waals surface area contributed by atoms with Gasteiger partial charge in [0, 0.05) is 43.9 Å². The molecule has 0 amide bonds. The van der Waals surface area contributed by atoms with Crippen molar-refractivity contribution in [3.05, 3.63) is 118 Å². The molecule has 2 aliphatic rings. The number of ether oxygens (including phenoxy) is 1. The van der Waals surface area contributed by atoms with Gasteiger partial charge in [0.1, 0.15) is 24.2 Å². The van der Waals surface area contributed by atoms with E-state index in [0.717, 1.165) is 67.4 Å². The molecule has 1 saturated heterocycles. The van der Waals surface area contributed by atoms with Crippen LogP contribution in [0.15, 0.2) is 77.3 Å². The Kier molecular flexibility index (Phi) is 8.33. The largest absolute Gasteiger partial charge is 0.490 e. The Balaban J connectivity index is 1.06. The van der Waals surface area contributed by atoms with Crippen molar-refractivity contribution in [1.82, 2.24) is 15.0 Å². The van der Waals surface area contributed by atoms with E-state index in [0.29, 0.717) is 6.54 Å². The molecule has 6 heteroatoms. The Labute approximate surface area is 242 Å². The SMILES string of the molecule is Cc1noc(C)c1/C=C/c1ccccc1OCC(O)CN1CCN(C2c3ccccc3CCc3ccccc32)CC1. The minimum absolute atomic E-state index is 0.250. The second-order valence-electron chi connectivity index (χ2n) is 11.2. The molecule has 0 spiro atoms. The Morgan fingerprint density at radius 1 is 0.878 bits per heavy atom. The maximum absolute atomic E-state index is 10.9. The van der Waals surface area contributed by atoms with Crippen LogP contribution in [0.4, 0.5) is 0 Å². The van der Waals surface area contributed by atoms with E-state index in [9.17, 15) is 5.11 Å². The Bertz CT molecular complexity index is 1440. The summed E-state index contributed by atoms with van der Waals surface area (Å²) in [4.78, 5) is 4.99. The second kappa shape index (κ2) is 12.4. The van der Waals surface area contributed by atoms with E-state index in [1.54, 1.807) is 0 Å². The average Bonchev–Trinajstić information content (AvgIpc) is 3.22. The van der Waals surface area contributed by atoms with Crippen LogP contribution >= 0.6 is 0 Å². The summed E-state index contributed by atoms with van der Waals surface area (Å²) in [6.07, 6.45) is 5.63. The van der Waals surface area contributed by atoms with Gasteiger partial charge in [0.15, 0.2) is 0 Å². The summed E-state index contributed by atoms with van der Waals surface area (Å²) in [5, 5.41) is 14.9. The number of aliphatic hydroxyl groups excluding tert-OH is 1. The normalized spacial score (nSPS) is 17.2. The zero-order valence-electron chi connectivity index (χ0n) is 24.0. The van der Waals surface area contributed by atoms with Gasteiger partial charge in [-0.1, -0.05) is 78.0 Å². The third-order valence-electron chi connectivity index (χ3n) is 8.47. The standard InChI is InChI=1S/C35H39N3O3/c1-25-31(26(2)41-36-25)18-17-29-11-5-8-14-34(29)40-24-30(39)23-37-19-21-38(22-20-37)35-32-12-6-3-9-27(32)15-16-28-10-4-7-13-33(28)35/h3-14,17-18,30,35,39H,15-16,19-24H2,1-2H3/b18-17+. The van der Waals surface area contributed by atoms with E-state index in [1.165, 1.54) is 22.3 Å². The number of aryl methyl sites for hydroxylation is 4. The predicted octanol–water partition coefficient (Wildman–Crippen LogP) is 5.71. The summed E-state index contributed by atoms with van der Waals surface area (Å²) in [7, 11) is 0. The van der Waals surface area contributed by atoms with Gasteiger partial charge < -0.3 is 14.4 Å². The second-order valence-corrected chi connectivity index (χ2v) is 11.2. The fourth-order valence-corrected chi connectivity index (χ4v) is 6.28. The lowest BCUT2D eigenvalue weighted by molar-refractivity contribution is 0.0400. The minimum atomic E-state index is -0.569. The number of benzene rings is 3. The van der Waals surface area contributed by atoms with Crippen LogP contribution in [0.3, 0.4) is 0 Å². The van der Waals surface area contributed by atoms with Crippen LogP contribution in [0.2, 0.25) is 0 Å². The van der Waals surface area contributed by atoms with Crippen LogP contribution in [-0.2, 0) is 12.8 Å². The number of aliphatic hydroxyl groups is 1. The topological polar surface area (TPSA) is 62.0 Å². The van der Waals surface area contributed by atoms with Crippen molar-refractivity contribution in [2.75, 3.05) is 39.3 Å². The predicted molar refractivity (Wildman–Crippen MR) is 163 cm³/mol. The van der Waals surface area contributed by atoms with Crippen LogP contribution < -0.4 is 4.74 Å². The van der Waals surface area contributed by atoms with Crippen LogP contribution in [-0.4, -0.2) is 65.5 Å². The van der Waals surface area contributed by atoms with E-state index >= 15 is 0 Å². The fraction of sp³-hybridized carbons (Fsp3) is 0.343. The number of rotatable bonds is 8. The van der Waals surface area contributed by atoms with Gasteiger partial charge in [-0.15, -0.1) is 0 Å². The minimum Gasteiger partial charge on any atom is -0.490 e. The molecule has 0 saturated carbocycles. The zero-order chi connectivity index (χ0) is 28.2. The summed E-state index contributed by atoms with van der Waals surface area (Å²) in [5.41, 5.74) is 8.62. The molecular formula is C35H39N3O3. The molecule has 4 aromatic rings. The number of para-hydroxylation sites is 1. The molecule has 3 aromatic carbocycles. The van der Waals surface area contributed by atoms with Crippen molar-refractivity contribution >= 4 is 12.2 Å². The Morgan fingerprint density at radius 2 is 1.51 bits per heavy atom. The Morgan fingerprint density at radius 3 is 2.17 bits per heavy atom. The monoisotopic (exact) mass is 549 g/mol. The van der Waals surface area contributed by atoms with E-state index in [-0.39, 0.29) is 12.6 Å². The molecule has 1 aliphatic heterocycles. The highest BCUT2D eigenvalue weighted by molar-refractivity contribution is 5.73. The Hall–Kier alpha value is -3.71. The molecule has 1 aliphatic carbocycles. The van der Waals surface area contributed by atoms with Crippen molar-refractivity contribution in [3.63, 3.8) is 0 Å². The van der Waals surface area contributed by atoms with Crippen molar-refractivity contribution in [3.8, 4) is 5.75 Å². The molecule has 1 fully saturated rings. The van der Waals surface area contributed by atoms with Crippen LogP contribution in [0, 0.1) is 13.8 Å². The van der Waals surface area contributed by atoms with Crippen LogP contribution in [0.1, 0.15) is 50.9 Å². The number of fused-ring (bicyclic) bond motifs is 2. The molecule has 6 nitrogen and oxygen atoms in total. The molecular weight excluding hydrogens is 510 g/mol. The van der Waals surface area contributed by atoms with E-state index in [1.807, 2.05) is 50.3 Å². The van der Waals surface area contributed by atoms with Gasteiger partial charge in [-0.25, -0.2) is 0 Å². The highest BCUT2D eigenvalue weighted by Crippen LogP contribution is 2.37. The number of nitrogens with zero attached hydrogens (tertiary/aromatic N) is 3. The number of hydrogen-bond acceptors (Lipinski definition) is 6. The molecule has 1 atom stereocenters. The summed E-state index contributed by atoms with van der Waals surface area (Å²) >= 11 is 0. The van der Waals surface area contributed by atoms with Gasteiger partial charge in [-0.3, -0.25) is 9.80 Å². The molecule has 1 aromatic heterocycles. The molecule has 6 rings (SSSR count). The van der Waals surface area contributed by atoms with E-state index in [4.69, 9.17) is 9.26 Å². The van der Waals surface area contributed by atoms with Gasteiger partial charge in [0.05, 0.1) is 11.7 Å². The van der Waals surface area contributed by atoms with Crippen molar-refractivity contribution < 1.29 is 14.4 Å². The van der Waals surface area contributed by atoms with Gasteiger partial charge in [0.25, 0.3) is 0 Å². The lowest BCUT2D eigenvalue weighted by Gasteiger charge is -2.40. The fourth-order valence-electron chi connectivity index (χ4n) is 6.28. The molecule has 2 heterocycles. The molecule has 1 N–H and O–H groups in total. The molecule has 41 heavy (non-hydrogen) atoms. The number of β-amino-alcohol motifs (C(OH)–C–C–N with tert-alkyl or cyclic N) is 1. The maximum atomic E-state index is 10.9. The van der Waals surface area contributed by atoms with E-state index in [2.05, 4.69) is 63.5 Å². The van der Waals surface area contributed by atoms with Crippen molar-refractivity contribution in [1.29, 1.82) is 0 Å². The van der Waals surface area contributed by atoms with E-state index < -0.39 is 6.10 Å². The van der Waals surface area contributed by atoms with Crippen LogP contribution in [0.5, 0.6) is 5.75 Å². The van der Waals surface area contributed by atoms with Crippen molar-refractivity contribution in [2.45, 2.75) is 38.8 Å². The lowest BCUT2D eigenvalue weighted by atomic mass is 9.92. The first kappa shape index (κ1) is 27.5. The molecule has 212 valence electrons. The van der Waals surface area contributed by atoms with Gasteiger partial charge >= 0.3 is 0 Å². The number of hydrogen-bond donors (Lipinski definition) is 1. The highest BCUT2D eigenvalue weighted by atomic mass is 16.5. The molecule has 1 unspecified atom stereocenters. The van der Waals surface area contributed by atoms with Gasteiger partial charge in [-0.2, -0.15) is 0 Å². The lowest BCUT2D eigenvalue weighted by Crippen LogP contribution is -2.50. The molecule has 0 bridgehead atoms. The first-order chi connectivity index (χ1) is 20.1. The third-order valence-corrected chi connectivity index (χ3v) is 8.47. The summed E-state index contributed by atoms with van der Waals surface area (Å²) in [6.45, 7) is 8.48. The summed E-state index contributed by atoms with van der Waals surface area (Å²) in [5.74, 6) is 1.55. The van der Waals surface area contributed by atoms with Crippen molar-refractivity contribution in [2.24, 2.45) is 0 Å². The number of piperazine rings is 1.